The SMILES string of the molecule is CCOP(=O)(CCCCOn1cnc2c(N)ncnc21)OCC. The van der Waals surface area contributed by atoms with Crippen LogP contribution in [0.4, 0.5) is 5.82 Å². The van der Waals surface area contributed by atoms with E-state index in [0.717, 1.165) is 0 Å². The standard InChI is InChI=1S/C13H22N5O4P/c1-3-21-23(19,22-4-2)8-6-5-7-20-18-10-17-11-12(14)15-9-16-13(11)18/h9-10H,3-8H2,1-2H3,(H2,14,15,16). The molecule has 0 amide bonds. The molecule has 0 fully saturated rings. The summed E-state index contributed by atoms with van der Waals surface area (Å²) < 4.78 is 24.2. The fourth-order valence-corrected chi connectivity index (χ4v) is 3.79. The van der Waals surface area contributed by atoms with Crippen molar-refractivity contribution in [2.75, 3.05) is 31.7 Å². The molecule has 0 aliphatic carbocycles. The minimum Gasteiger partial charge on any atom is -0.411 e. The van der Waals surface area contributed by atoms with Gasteiger partial charge in [0, 0.05) is 0 Å². The van der Waals surface area contributed by atoms with Gasteiger partial charge in [0.15, 0.2) is 11.3 Å². The Morgan fingerprint density at radius 3 is 2.61 bits per heavy atom. The maximum absolute atomic E-state index is 12.3. The molecule has 0 atom stereocenters. The fraction of sp³-hybridized carbons (Fsp3) is 0.615. The second-order valence-corrected chi connectivity index (χ2v) is 6.90. The lowest BCUT2D eigenvalue weighted by atomic mass is 10.4. The van der Waals surface area contributed by atoms with E-state index in [0.29, 0.717) is 55.8 Å². The van der Waals surface area contributed by atoms with E-state index in [1.807, 2.05) is 0 Å². The minimum atomic E-state index is -2.98. The molecule has 9 nitrogen and oxygen atoms in total. The van der Waals surface area contributed by atoms with E-state index < -0.39 is 7.60 Å². The van der Waals surface area contributed by atoms with E-state index in [9.17, 15) is 4.57 Å². The number of rotatable bonds is 10. The van der Waals surface area contributed by atoms with Gasteiger partial charge in [-0.15, -0.1) is 0 Å². The maximum atomic E-state index is 12.3. The first-order valence-electron chi connectivity index (χ1n) is 7.54. The van der Waals surface area contributed by atoms with Crippen molar-refractivity contribution in [3.8, 4) is 0 Å². The van der Waals surface area contributed by atoms with Crippen molar-refractivity contribution in [1.29, 1.82) is 0 Å². The first-order chi connectivity index (χ1) is 11.1. The summed E-state index contributed by atoms with van der Waals surface area (Å²) in [5.41, 5.74) is 6.73. The molecule has 0 saturated heterocycles. The normalized spacial score (nSPS) is 11.9. The first kappa shape index (κ1) is 17.7. The summed E-state index contributed by atoms with van der Waals surface area (Å²) in [5.74, 6) is 0.312. The zero-order valence-corrected chi connectivity index (χ0v) is 14.2. The van der Waals surface area contributed by atoms with Crippen LogP contribution < -0.4 is 10.6 Å². The molecule has 0 aliphatic rings. The van der Waals surface area contributed by atoms with E-state index in [-0.39, 0.29) is 0 Å². The molecule has 0 unspecified atom stereocenters. The summed E-state index contributed by atoms with van der Waals surface area (Å²) in [6.45, 7) is 4.76. The molecule has 0 radical (unpaired) electrons. The lowest BCUT2D eigenvalue weighted by Gasteiger charge is -2.16. The Balaban J connectivity index is 1.81. The first-order valence-corrected chi connectivity index (χ1v) is 9.27. The van der Waals surface area contributed by atoms with E-state index in [2.05, 4.69) is 15.0 Å². The van der Waals surface area contributed by atoms with Crippen LogP contribution in [0.15, 0.2) is 12.7 Å². The zero-order chi connectivity index (χ0) is 16.7. The van der Waals surface area contributed by atoms with E-state index in [4.69, 9.17) is 19.6 Å². The van der Waals surface area contributed by atoms with Crippen LogP contribution in [-0.4, -0.2) is 45.7 Å². The summed E-state index contributed by atoms with van der Waals surface area (Å²) in [6, 6.07) is 0. The third-order valence-corrected chi connectivity index (χ3v) is 5.21. The van der Waals surface area contributed by atoms with Gasteiger partial charge in [0.2, 0.25) is 5.65 Å². The van der Waals surface area contributed by atoms with Crippen LogP contribution in [0, 0.1) is 0 Å². The van der Waals surface area contributed by atoms with Crippen molar-refractivity contribution in [1.82, 2.24) is 19.7 Å². The minimum absolute atomic E-state index is 0.312. The predicted octanol–water partition coefficient (Wildman–Crippen LogP) is 1.88. The molecular formula is C13H22N5O4P. The quantitative estimate of drug-likeness (QED) is 0.514. The lowest BCUT2D eigenvalue weighted by molar-refractivity contribution is 0.114. The smallest absolute Gasteiger partial charge is 0.330 e. The van der Waals surface area contributed by atoms with Crippen LogP contribution in [0.2, 0.25) is 0 Å². The number of unbranched alkanes of at least 4 members (excludes halogenated alkanes) is 1. The van der Waals surface area contributed by atoms with Gasteiger partial charge in [-0.25, -0.2) is 15.0 Å². The highest BCUT2D eigenvalue weighted by Gasteiger charge is 2.22. The number of imidazole rings is 1. The summed E-state index contributed by atoms with van der Waals surface area (Å²) >= 11 is 0. The topological polar surface area (TPSA) is 114 Å². The highest BCUT2D eigenvalue weighted by molar-refractivity contribution is 7.53. The van der Waals surface area contributed by atoms with Crippen LogP contribution in [-0.2, 0) is 13.6 Å². The monoisotopic (exact) mass is 343 g/mol. The van der Waals surface area contributed by atoms with Crippen molar-refractivity contribution < 1.29 is 18.5 Å². The third kappa shape index (κ3) is 4.63. The Bertz CT molecular complexity index is 667. The van der Waals surface area contributed by atoms with Gasteiger partial charge in [0.1, 0.15) is 19.3 Å². The molecule has 2 rings (SSSR count). The number of nitrogens with zero attached hydrogens (tertiary/aromatic N) is 4. The summed E-state index contributed by atoms with van der Waals surface area (Å²) in [6.07, 6.45) is 4.60. The van der Waals surface area contributed by atoms with Crippen LogP contribution in [0.3, 0.4) is 0 Å². The van der Waals surface area contributed by atoms with Crippen LogP contribution in [0.25, 0.3) is 11.2 Å². The molecule has 2 aromatic heterocycles. The number of hydrogen-bond acceptors (Lipinski definition) is 8. The van der Waals surface area contributed by atoms with Gasteiger partial charge in [-0.2, -0.15) is 4.73 Å². The summed E-state index contributed by atoms with van der Waals surface area (Å²) in [7, 11) is -2.98. The van der Waals surface area contributed by atoms with Gasteiger partial charge >= 0.3 is 7.60 Å². The van der Waals surface area contributed by atoms with Crippen molar-refractivity contribution in [3.05, 3.63) is 12.7 Å². The van der Waals surface area contributed by atoms with Gasteiger partial charge in [-0.3, -0.25) is 4.57 Å². The second kappa shape index (κ2) is 8.24. The van der Waals surface area contributed by atoms with Gasteiger partial charge < -0.3 is 19.6 Å². The average Bonchev–Trinajstić information content (AvgIpc) is 2.92. The molecule has 0 spiro atoms. The number of anilines is 1. The van der Waals surface area contributed by atoms with Crippen LogP contribution in [0.5, 0.6) is 0 Å². The van der Waals surface area contributed by atoms with Gasteiger partial charge in [-0.1, -0.05) is 0 Å². The molecule has 10 heteroatoms. The molecule has 2 N–H and O–H groups in total. The van der Waals surface area contributed by atoms with E-state index in [1.165, 1.54) is 17.4 Å². The van der Waals surface area contributed by atoms with E-state index in [1.54, 1.807) is 13.8 Å². The summed E-state index contributed by atoms with van der Waals surface area (Å²) in [4.78, 5) is 17.7. The molecule has 0 aliphatic heterocycles. The number of nitrogen functional groups attached to an aromatic ring is 1. The largest absolute Gasteiger partial charge is 0.411 e. The highest BCUT2D eigenvalue weighted by atomic mass is 31.2. The Morgan fingerprint density at radius 1 is 1.17 bits per heavy atom. The number of nitrogens with two attached hydrogens (primary N) is 1. The Kier molecular flexibility index (Phi) is 6.32. The highest BCUT2D eigenvalue weighted by Crippen LogP contribution is 2.48. The van der Waals surface area contributed by atoms with Crippen molar-refractivity contribution in [3.63, 3.8) is 0 Å². The molecule has 0 bridgehead atoms. The van der Waals surface area contributed by atoms with Gasteiger partial charge in [0.05, 0.1) is 19.4 Å². The van der Waals surface area contributed by atoms with E-state index >= 15 is 0 Å². The van der Waals surface area contributed by atoms with Crippen molar-refractivity contribution in [2.24, 2.45) is 0 Å². The van der Waals surface area contributed by atoms with Gasteiger partial charge in [0.25, 0.3) is 0 Å². The second-order valence-electron chi connectivity index (χ2n) is 4.71. The average molecular weight is 343 g/mol. The van der Waals surface area contributed by atoms with Crippen LogP contribution in [0.1, 0.15) is 26.7 Å². The predicted molar refractivity (Wildman–Crippen MR) is 86.1 cm³/mol. The molecule has 128 valence electrons. The molecule has 2 aromatic rings. The van der Waals surface area contributed by atoms with Crippen molar-refractivity contribution >= 4 is 24.6 Å². The molecule has 2 heterocycles. The molecular weight excluding hydrogens is 321 g/mol. The van der Waals surface area contributed by atoms with Crippen LogP contribution >= 0.6 is 7.60 Å². The molecule has 0 saturated carbocycles. The number of fused-ring (bicyclic) bond motifs is 1. The molecule has 23 heavy (non-hydrogen) atoms. The number of aromatic nitrogens is 4. The lowest BCUT2D eigenvalue weighted by Crippen LogP contribution is -2.13. The summed E-state index contributed by atoms with van der Waals surface area (Å²) in [5, 5.41) is 0. The zero-order valence-electron chi connectivity index (χ0n) is 13.3. The molecule has 0 aromatic carbocycles. The fourth-order valence-electron chi connectivity index (χ4n) is 2.06. The van der Waals surface area contributed by atoms with Gasteiger partial charge in [-0.05, 0) is 26.7 Å². The Hall–Kier alpha value is -1.70. The Morgan fingerprint density at radius 2 is 1.91 bits per heavy atom. The third-order valence-electron chi connectivity index (χ3n) is 3.04. The Labute approximate surface area is 134 Å². The number of hydrogen-bond donors (Lipinski definition) is 1. The van der Waals surface area contributed by atoms with Crippen molar-refractivity contribution in [2.45, 2.75) is 26.7 Å². The maximum Gasteiger partial charge on any atom is 0.330 e.